The summed E-state index contributed by atoms with van der Waals surface area (Å²) in [6, 6.07) is 7.27. The number of phenolic OH excluding ortho intramolecular Hbond substituents is 1. The molecule has 0 atom stereocenters. The smallest absolute Gasteiger partial charge is 0.115 e. The number of nitrogens with zero attached hydrogens (tertiary/aromatic N) is 2. The fraction of sp³-hybridized carbons (Fsp3) is 0.400. The Morgan fingerprint density at radius 1 is 1.30 bits per heavy atom. The number of aromatic nitrogens is 2. The van der Waals surface area contributed by atoms with Gasteiger partial charge in [-0.1, -0.05) is 12.1 Å². The van der Waals surface area contributed by atoms with Gasteiger partial charge in [0, 0.05) is 32.9 Å². The summed E-state index contributed by atoms with van der Waals surface area (Å²) in [4.78, 5) is 4.37. The van der Waals surface area contributed by atoms with Gasteiger partial charge in [0.2, 0.25) is 0 Å². The topological polar surface area (TPSA) is 59.3 Å². The molecule has 0 aliphatic carbocycles. The van der Waals surface area contributed by atoms with Crippen LogP contribution in [0.3, 0.4) is 0 Å². The zero-order valence-corrected chi connectivity index (χ0v) is 12.0. The third-order valence-electron chi connectivity index (χ3n) is 3.20. The normalized spacial score (nSPS) is 10.9. The maximum absolute atomic E-state index is 9.32. The molecule has 20 heavy (non-hydrogen) atoms. The van der Waals surface area contributed by atoms with Crippen molar-refractivity contribution in [2.75, 3.05) is 20.3 Å². The van der Waals surface area contributed by atoms with Gasteiger partial charge in [-0.2, -0.15) is 0 Å². The van der Waals surface area contributed by atoms with E-state index in [1.165, 1.54) is 0 Å². The number of phenols is 1. The van der Waals surface area contributed by atoms with E-state index in [0.29, 0.717) is 6.61 Å². The predicted molar refractivity (Wildman–Crippen MR) is 77.8 cm³/mol. The van der Waals surface area contributed by atoms with Gasteiger partial charge in [-0.25, -0.2) is 4.98 Å². The number of hydrogen-bond acceptors (Lipinski definition) is 4. The van der Waals surface area contributed by atoms with Crippen molar-refractivity contribution in [3.63, 3.8) is 0 Å². The largest absolute Gasteiger partial charge is 0.508 e. The Balaban J connectivity index is 2.03. The summed E-state index contributed by atoms with van der Waals surface area (Å²) < 4.78 is 7.19. The molecule has 0 unspecified atom stereocenters. The fourth-order valence-corrected chi connectivity index (χ4v) is 2.05. The number of imidazole rings is 1. The molecule has 0 bridgehead atoms. The van der Waals surface area contributed by atoms with Crippen molar-refractivity contribution >= 4 is 0 Å². The van der Waals surface area contributed by atoms with Crippen LogP contribution in [-0.4, -0.2) is 34.9 Å². The number of aryl methyl sites for hydroxylation is 1. The number of aromatic hydroxyl groups is 1. The summed E-state index contributed by atoms with van der Waals surface area (Å²) in [7, 11) is 1.70. The maximum atomic E-state index is 9.32. The van der Waals surface area contributed by atoms with Gasteiger partial charge in [0.15, 0.2) is 0 Å². The number of rotatable bonds is 7. The van der Waals surface area contributed by atoms with Crippen LogP contribution in [0.2, 0.25) is 0 Å². The summed E-state index contributed by atoms with van der Waals surface area (Å²) in [5, 5.41) is 12.6. The molecule has 2 aromatic rings. The molecule has 1 aromatic carbocycles. The number of nitrogens with one attached hydrogen (secondary N) is 1. The summed E-state index contributed by atoms with van der Waals surface area (Å²) in [5.74, 6) is 1.28. The number of benzene rings is 1. The lowest BCUT2D eigenvalue weighted by molar-refractivity contribution is 0.199. The molecule has 108 valence electrons. The van der Waals surface area contributed by atoms with Crippen LogP contribution in [0.1, 0.15) is 17.1 Å². The highest BCUT2D eigenvalue weighted by Crippen LogP contribution is 2.13. The first-order chi connectivity index (χ1) is 9.70. The van der Waals surface area contributed by atoms with Gasteiger partial charge in [0.25, 0.3) is 0 Å². The highest BCUT2D eigenvalue weighted by Gasteiger charge is 2.07. The maximum Gasteiger partial charge on any atom is 0.115 e. The highest BCUT2D eigenvalue weighted by atomic mass is 16.5. The molecule has 5 nitrogen and oxygen atoms in total. The third-order valence-corrected chi connectivity index (χ3v) is 3.20. The van der Waals surface area contributed by atoms with Crippen LogP contribution in [0.4, 0.5) is 0 Å². The molecule has 0 aliphatic rings. The van der Waals surface area contributed by atoms with Crippen LogP contribution in [0.5, 0.6) is 5.75 Å². The van der Waals surface area contributed by atoms with Gasteiger partial charge in [0.05, 0.1) is 12.3 Å². The van der Waals surface area contributed by atoms with Crippen molar-refractivity contribution < 1.29 is 9.84 Å². The molecule has 0 spiro atoms. The number of methoxy groups -OCH3 is 1. The van der Waals surface area contributed by atoms with Crippen LogP contribution in [0.25, 0.3) is 0 Å². The fourth-order valence-electron chi connectivity index (χ4n) is 2.05. The standard InChI is InChI=1S/C15H21N3O2/c1-12-17-10-14(9-16-7-8-20-2)18(12)11-13-3-5-15(19)6-4-13/h3-6,10,16,19H,7-9,11H2,1-2H3. The SMILES string of the molecule is COCCNCc1cnc(C)n1Cc1ccc(O)cc1. The summed E-state index contributed by atoms with van der Waals surface area (Å²) in [6.07, 6.45) is 1.90. The summed E-state index contributed by atoms with van der Waals surface area (Å²) in [5.41, 5.74) is 2.29. The van der Waals surface area contributed by atoms with E-state index >= 15 is 0 Å². The average molecular weight is 275 g/mol. The van der Waals surface area contributed by atoms with Crippen LogP contribution < -0.4 is 5.32 Å². The number of hydrogen-bond donors (Lipinski definition) is 2. The van der Waals surface area contributed by atoms with Gasteiger partial charge in [0.1, 0.15) is 11.6 Å². The molecule has 0 amide bonds. The first kappa shape index (κ1) is 14.6. The molecule has 1 heterocycles. The zero-order chi connectivity index (χ0) is 14.4. The van der Waals surface area contributed by atoms with Crippen molar-refractivity contribution in [2.24, 2.45) is 0 Å². The van der Waals surface area contributed by atoms with Crippen LogP contribution in [0, 0.1) is 6.92 Å². The van der Waals surface area contributed by atoms with Crippen molar-refractivity contribution in [2.45, 2.75) is 20.0 Å². The summed E-state index contributed by atoms with van der Waals surface area (Å²) >= 11 is 0. The lowest BCUT2D eigenvalue weighted by Crippen LogP contribution is -2.21. The van der Waals surface area contributed by atoms with Gasteiger partial charge in [-0.05, 0) is 24.6 Å². The second-order valence-electron chi connectivity index (χ2n) is 4.72. The van der Waals surface area contributed by atoms with Gasteiger partial charge >= 0.3 is 0 Å². The van der Waals surface area contributed by atoms with E-state index < -0.39 is 0 Å². The monoisotopic (exact) mass is 275 g/mol. The highest BCUT2D eigenvalue weighted by molar-refractivity contribution is 5.26. The van der Waals surface area contributed by atoms with E-state index in [9.17, 15) is 5.11 Å². The quantitative estimate of drug-likeness (QED) is 0.755. The molecule has 5 heteroatoms. The van der Waals surface area contributed by atoms with Crippen LogP contribution >= 0.6 is 0 Å². The minimum Gasteiger partial charge on any atom is -0.508 e. The molecular weight excluding hydrogens is 254 g/mol. The average Bonchev–Trinajstić information content (AvgIpc) is 2.79. The third kappa shape index (κ3) is 3.82. The Morgan fingerprint density at radius 2 is 2.05 bits per heavy atom. The van der Waals surface area contributed by atoms with E-state index in [-0.39, 0.29) is 5.75 Å². The summed E-state index contributed by atoms with van der Waals surface area (Å²) in [6.45, 7) is 5.04. The van der Waals surface area contributed by atoms with E-state index in [2.05, 4.69) is 14.9 Å². The Labute approximate surface area is 119 Å². The first-order valence-electron chi connectivity index (χ1n) is 6.69. The molecule has 0 aliphatic heterocycles. The Morgan fingerprint density at radius 3 is 2.75 bits per heavy atom. The second-order valence-corrected chi connectivity index (χ2v) is 4.72. The molecule has 2 N–H and O–H groups in total. The van der Waals surface area contributed by atoms with E-state index in [1.54, 1.807) is 19.2 Å². The van der Waals surface area contributed by atoms with Crippen molar-refractivity contribution in [3.8, 4) is 5.75 Å². The minimum absolute atomic E-state index is 0.289. The lowest BCUT2D eigenvalue weighted by Gasteiger charge is -2.11. The van der Waals surface area contributed by atoms with Gasteiger partial charge in [-0.15, -0.1) is 0 Å². The lowest BCUT2D eigenvalue weighted by atomic mass is 10.2. The van der Waals surface area contributed by atoms with Crippen LogP contribution in [0.15, 0.2) is 30.5 Å². The Bertz CT molecular complexity index is 535. The van der Waals surface area contributed by atoms with Gasteiger partial charge in [-0.3, -0.25) is 0 Å². The minimum atomic E-state index is 0.289. The van der Waals surface area contributed by atoms with Crippen molar-refractivity contribution in [1.29, 1.82) is 0 Å². The molecule has 0 fully saturated rings. The first-order valence-corrected chi connectivity index (χ1v) is 6.69. The molecular formula is C15H21N3O2. The predicted octanol–water partition coefficient (Wildman–Crippen LogP) is 1.68. The molecule has 2 rings (SSSR count). The van der Waals surface area contributed by atoms with Crippen LogP contribution in [-0.2, 0) is 17.8 Å². The Kier molecular flexibility index (Phi) is 5.15. The van der Waals surface area contributed by atoms with Crippen molar-refractivity contribution in [1.82, 2.24) is 14.9 Å². The van der Waals surface area contributed by atoms with E-state index in [4.69, 9.17) is 4.74 Å². The van der Waals surface area contributed by atoms with E-state index in [0.717, 1.165) is 36.7 Å². The van der Waals surface area contributed by atoms with Gasteiger partial charge < -0.3 is 19.7 Å². The molecule has 0 saturated heterocycles. The van der Waals surface area contributed by atoms with Crippen molar-refractivity contribution in [3.05, 3.63) is 47.5 Å². The zero-order valence-electron chi connectivity index (χ0n) is 12.0. The Hall–Kier alpha value is -1.85. The molecule has 1 aromatic heterocycles. The molecule has 0 saturated carbocycles. The number of ether oxygens (including phenoxy) is 1. The molecule has 0 radical (unpaired) electrons. The second kappa shape index (κ2) is 7.07. The van der Waals surface area contributed by atoms with E-state index in [1.807, 2.05) is 25.3 Å².